The Labute approximate surface area is 89.2 Å². The highest BCUT2D eigenvalue weighted by molar-refractivity contribution is 7.92. The number of rotatable bonds is 1. The molecular weight excluding hydrogens is 214 g/mol. The molecule has 0 spiro atoms. The van der Waals surface area contributed by atoms with Gasteiger partial charge in [-0.2, -0.15) is 0 Å². The number of hydrogen-bond donors (Lipinski definition) is 1. The van der Waals surface area contributed by atoms with E-state index in [-0.39, 0.29) is 5.75 Å². The highest BCUT2D eigenvalue weighted by atomic mass is 32.2. The molecule has 1 heterocycles. The molecule has 0 aliphatic carbocycles. The minimum absolute atomic E-state index is 0.181. The molecule has 0 radical (unpaired) electrons. The van der Waals surface area contributed by atoms with Crippen molar-refractivity contribution < 1.29 is 13.5 Å². The van der Waals surface area contributed by atoms with Crippen molar-refractivity contribution in [3.63, 3.8) is 0 Å². The van der Waals surface area contributed by atoms with Gasteiger partial charge in [0.25, 0.3) is 0 Å². The van der Waals surface area contributed by atoms with Gasteiger partial charge in [0.15, 0.2) is 0 Å². The Balaban J connectivity index is 2.57. The van der Waals surface area contributed by atoms with E-state index in [4.69, 9.17) is 0 Å². The van der Waals surface area contributed by atoms with E-state index in [9.17, 15) is 13.5 Å². The summed E-state index contributed by atoms with van der Waals surface area (Å²) in [5.41, 5.74) is 1.35. The van der Waals surface area contributed by atoms with E-state index in [0.29, 0.717) is 12.2 Å². The Kier molecular flexibility index (Phi) is 2.34. The van der Waals surface area contributed by atoms with Gasteiger partial charge >= 0.3 is 0 Å². The van der Waals surface area contributed by atoms with Gasteiger partial charge in [0.1, 0.15) is 5.75 Å². The first-order chi connectivity index (χ1) is 7.00. The molecule has 0 fully saturated rings. The summed E-state index contributed by atoms with van der Waals surface area (Å²) >= 11 is 0. The summed E-state index contributed by atoms with van der Waals surface area (Å²) in [5.74, 6) is 0.181. The molecule has 82 valence electrons. The number of fused-ring (bicyclic) bond motifs is 1. The van der Waals surface area contributed by atoms with Gasteiger partial charge in [-0.25, -0.2) is 8.42 Å². The maximum atomic E-state index is 11.5. The number of phenols is 1. The van der Waals surface area contributed by atoms with Crippen molar-refractivity contribution in [3.8, 4) is 5.75 Å². The van der Waals surface area contributed by atoms with Crippen LogP contribution in [-0.4, -0.2) is 26.3 Å². The van der Waals surface area contributed by atoms with Crippen LogP contribution >= 0.6 is 0 Å². The predicted octanol–water partition coefficient (Wildman–Crippen LogP) is 1.10. The van der Waals surface area contributed by atoms with Crippen molar-refractivity contribution >= 4 is 15.7 Å². The molecule has 4 nitrogen and oxygen atoms in total. The Morgan fingerprint density at radius 1 is 1.40 bits per heavy atom. The maximum Gasteiger partial charge on any atom is 0.232 e. The van der Waals surface area contributed by atoms with Crippen molar-refractivity contribution in [3.05, 3.63) is 23.8 Å². The average molecular weight is 227 g/mol. The molecule has 0 unspecified atom stereocenters. The normalized spacial score (nSPS) is 16.2. The first-order valence-corrected chi connectivity index (χ1v) is 6.63. The largest absolute Gasteiger partial charge is 0.508 e. The van der Waals surface area contributed by atoms with Crippen LogP contribution in [0.15, 0.2) is 18.2 Å². The number of hydrogen-bond acceptors (Lipinski definition) is 3. The molecule has 0 amide bonds. The molecule has 1 aromatic carbocycles. The van der Waals surface area contributed by atoms with Crippen molar-refractivity contribution in [2.24, 2.45) is 0 Å². The van der Waals surface area contributed by atoms with Crippen LogP contribution in [0.5, 0.6) is 5.75 Å². The molecule has 1 aliphatic rings. The van der Waals surface area contributed by atoms with Gasteiger partial charge in [-0.05, 0) is 25.0 Å². The number of benzene rings is 1. The molecule has 5 heteroatoms. The smallest absolute Gasteiger partial charge is 0.232 e. The molecule has 1 aromatic rings. The fourth-order valence-corrected chi connectivity index (χ4v) is 2.91. The predicted molar refractivity (Wildman–Crippen MR) is 58.6 cm³/mol. The lowest BCUT2D eigenvalue weighted by molar-refractivity contribution is 0.466. The first kappa shape index (κ1) is 10.3. The topological polar surface area (TPSA) is 57.6 Å². The lowest BCUT2D eigenvalue weighted by Gasteiger charge is -2.29. The molecule has 15 heavy (non-hydrogen) atoms. The minimum Gasteiger partial charge on any atom is -0.508 e. The fraction of sp³-hybridized carbons (Fsp3) is 0.400. The molecule has 1 aliphatic heterocycles. The highest BCUT2D eigenvalue weighted by Gasteiger charge is 2.25. The lowest BCUT2D eigenvalue weighted by atomic mass is 10.0. The lowest BCUT2D eigenvalue weighted by Crippen LogP contribution is -2.34. The number of nitrogens with zero attached hydrogens (tertiary/aromatic N) is 1. The molecule has 1 N–H and O–H groups in total. The summed E-state index contributed by atoms with van der Waals surface area (Å²) in [4.78, 5) is 0. The first-order valence-electron chi connectivity index (χ1n) is 4.79. The SMILES string of the molecule is CS(=O)(=O)N1CCCc2c(O)cccc21. The molecule has 0 bridgehead atoms. The molecule has 0 atom stereocenters. The second-order valence-corrected chi connectivity index (χ2v) is 5.62. The van der Waals surface area contributed by atoms with Crippen LogP contribution in [0.25, 0.3) is 0 Å². The van der Waals surface area contributed by atoms with Crippen LogP contribution < -0.4 is 4.31 Å². The Morgan fingerprint density at radius 3 is 2.80 bits per heavy atom. The summed E-state index contributed by atoms with van der Waals surface area (Å²) in [6, 6.07) is 4.98. The number of aromatic hydroxyl groups is 1. The Hall–Kier alpha value is -1.23. The molecule has 0 saturated carbocycles. The van der Waals surface area contributed by atoms with Gasteiger partial charge in [-0.3, -0.25) is 4.31 Å². The average Bonchev–Trinajstić information content (AvgIpc) is 2.16. The van der Waals surface area contributed by atoms with Crippen LogP contribution in [-0.2, 0) is 16.4 Å². The zero-order valence-corrected chi connectivity index (χ0v) is 9.29. The quantitative estimate of drug-likeness (QED) is 0.781. The van der Waals surface area contributed by atoms with E-state index in [1.54, 1.807) is 18.2 Å². The Morgan fingerprint density at radius 2 is 2.13 bits per heavy atom. The molecule has 0 saturated heterocycles. The summed E-state index contributed by atoms with van der Waals surface area (Å²) in [7, 11) is -3.23. The van der Waals surface area contributed by atoms with Gasteiger partial charge < -0.3 is 5.11 Å². The van der Waals surface area contributed by atoms with Crippen molar-refractivity contribution in [2.75, 3.05) is 17.1 Å². The highest BCUT2D eigenvalue weighted by Crippen LogP contribution is 2.34. The second kappa shape index (κ2) is 3.41. The molecule has 0 aromatic heterocycles. The van der Waals surface area contributed by atoms with Crippen LogP contribution in [0.1, 0.15) is 12.0 Å². The van der Waals surface area contributed by atoms with Gasteiger partial charge in [-0.15, -0.1) is 0 Å². The van der Waals surface area contributed by atoms with Gasteiger partial charge in [-0.1, -0.05) is 6.07 Å². The number of sulfonamides is 1. The third-order valence-corrected chi connectivity index (χ3v) is 3.76. The standard InChI is InChI=1S/C10H13NO3S/c1-15(13,14)11-7-3-4-8-9(11)5-2-6-10(8)12/h2,5-6,12H,3-4,7H2,1H3. The summed E-state index contributed by atoms with van der Waals surface area (Å²) < 4.78 is 24.4. The second-order valence-electron chi connectivity index (χ2n) is 3.71. The number of phenolic OH excluding ortho intramolecular Hbond substituents is 1. The third kappa shape index (κ3) is 1.79. The number of anilines is 1. The van der Waals surface area contributed by atoms with Crippen molar-refractivity contribution in [2.45, 2.75) is 12.8 Å². The van der Waals surface area contributed by atoms with E-state index in [2.05, 4.69) is 0 Å². The zero-order valence-electron chi connectivity index (χ0n) is 8.47. The summed E-state index contributed by atoms with van der Waals surface area (Å²) in [6.07, 6.45) is 2.66. The molecule has 2 rings (SSSR count). The van der Waals surface area contributed by atoms with Crippen LogP contribution in [0.3, 0.4) is 0 Å². The van der Waals surface area contributed by atoms with Crippen LogP contribution in [0.2, 0.25) is 0 Å². The van der Waals surface area contributed by atoms with Crippen molar-refractivity contribution in [1.29, 1.82) is 0 Å². The van der Waals surface area contributed by atoms with E-state index in [1.165, 1.54) is 10.6 Å². The summed E-state index contributed by atoms with van der Waals surface area (Å²) in [6.45, 7) is 0.495. The van der Waals surface area contributed by atoms with Crippen LogP contribution in [0.4, 0.5) is 5.69 Å². The van der Waals surface area contributed by atoms with Gasteiger partial charge in [0.05, 0.1) is 11.9 Å². The summed E-state index contributed by atoms with van der Waals surface area (Å²) in [5, 5.41) is 9.62. The molecular formula is C10H13NO3S. The fourth-order valence-electron chi connectivity index (χ4n) is 1.92. The Bertz CT molecular complexity index is 481. The minimum atomic E-state index is -3.23. The van der Waals surface area contributed by atoms with E-state index < -0.39 is 10.0 Å². The van der Waals surface area contributed by atoms with Gasteiger partial charge in [0.2, 0.25) is 10.0 Å². The van der Waals surface area contributed by atoms with E-state index >= 15 is 0 Å². The monoisotopic (exact) mass is 227 g/mol. The third-order valence-electron chi connectivity index (χ3n) is 2.58. The van der Waals surface area contributed by atoms with Crippen molar-refractivity contribution in [1.82, 2.24) is 0 Å². The maximum absolute atomic E-state index is 11.5. The van der Waals surface area contributed by atoms with Crippen LogP contribution in [0, 0.1) is 0 Å². The van der Waals surface area contributed by atoms with E-state index in [1.807, 2.05) is 0 Å². The van der Waals surface area contributed by atoms with Gasteiger partial charge in [0, 0.05) is 12.1 Å². The van der Waals surface area contributed by atoms with E-state index in [0.717, 1.165) is 18.4 Å². The zero-order chi connectivity index (χ0) is 11.1.